The summed E-state index contributed by atoms with van der Waals surface area (Å²) in [7, 11) is 3.07. The monoisotopic (exact) mass is 308 g/mol. The van der Waals surface area contributed by atoms with Gasteiger partial charge in [-0.25, -0.2) is 4.79 Å². The molecular formula is C16H20O6. The number of ether oxygens (including phenoxy) is 3. The van der Waals surface area contributed by atoms with Gasteiger partial charge >= 0.3 is 5.97 Å². The maximum Gasteiger partial charge on any atom is 0.331 e. The van der Waals surface area contributed by atoms with Gasteiger partial charge in [0.05, 0.1) is 26.4 Å². The summed E-state index contributed by atoms with van der Waals surface area (Å²) >= 11 is 0. The predicted molar refractivity (Wildman–Crippen MR) is 79.7 cm³/mol. The summed E-state index contributed by atoms with van der Waals surface area (Å²) in [6, 6.07) is 5.22. The molecular weight excluding hydrogens is 288 g/mol. The zero-order valence-corrected chi connectivity index (χ0v) is 12.6. The highest BCUT2D eigenvalue weighted by atomic mass is 16.6. The van der Waals surface area contributed by atoms with Crippen molar-refractivity contribution in [3.8, 4) is 11.5 Å². The number of aliphatic hydroxyl groups is 2. The molecule has 1 aromatic carbocycles. The first-order valence-electron chi connectivity index (χ1n) is 7.02. The van der Waals surface area contributed by atoms with Crippen LogP contribution >= 0.6 is 0 Å². The molecule has 0 amide bonds. The topological polar surface area (TPSA) is 85.2 Å². The van der Waals surface area contributed by atoms with Crippen molar-refractivity contribution in [1.29, 1.82) is 0 Å². The molecule has 1 saturated carbocycles. The molecule has 2 rings (SSSR count). The van der Waals surface area contributed by atoms with Gasteiger partial charge in [-0.1, -0.05) is 6.07 Å². The third kappa shape index (κ3) is 3.78. The van der Waals surface area contributed by atoms with Crippen molar-refractivity contribution in [1.82, 2.24) is 0 Å². The number of esters is 1. The number of hydrogen-bond donors (Lipinski definition) is 2. The lowest BCUT2D eigenvalue weighted by atomic mass is 10.2. The highest BCUT2D eigenvalue weighted by Gasteiger charge is 2.36. The molecule has 0 radical (unpaired) electrons. The van der Waals surface area contributed by atoms with E-state index in [9.17, 15) is 15.0 Å². The average Bonchev–Trinajstić information content (AvgIpc) is 2.84. The van der Waals surface area contributed by atoms with Crippen LogP contribution in [0.3, 0.4) is 0 Å². The van der Waals surface area contributed by atoms with Crippen LogP contribution in [0.2, 0.25) is 0 Å². The van der Waals surface area contributed by atoms with E-state index in [1.54, 1.807) is 31.4 Å². The number of carbonyl (C=O) groups excluding carboxylic acids is 1. The second-order valence-electron chi connectivity index (χ2n) is 5.06. The van der Waals surface area contributed by atoms with Crippen molar-refractivity contribution < 1.29 is 29.2 Å². The molecule has 1 aromatic rings. The molecule has 0 spiro atoms. The summed E-state index contributed by atoms with van der Waals surface area (Å²) in [6.07, 6.45) is 1.19. The van der Waals surface area contributed by atoms with Crippen LogP contribution in [0.4, 0.5) is 0 Å². The second kappa shape index (κ2) is 7.29. The fourth-order valence-electron chi connectivity index (χ4n) is 2.38. The molecule has 0 heterocycles. The Morgan fingerprint density at radius 2 is 1.77 bits per heavy atom. The number of rotatable bonds is 5. The van der Waals surface area contributed by atoms with Gasteiger partial charge in [0, 0.05) is 6.08 Å². The van der Waals surface area contributed by atoms with Gasteiger partial charge in [-0.2, -0.15) is 0 Å². The summed E-state index contributed by atoms with van der Waals surface area (Å²) in [5, 5.41) is 19.3. The standard InChI is InChI=1S/C16H20O6/c1-20-13-7-3-10(9-14(13)21-2)4-8-15(19)22-16-11(17)5-6-12(16)18/h3-4,7-9,11-12,16-18H,5-6H2,1-2H3/b8-4-. The molecule has 2 atom stereocenters. The van der Waals surface area contributed by atoms with E-state index in [2.05, 4.69) is 0 Å². The first-order chi connectivity index (χ1) is 10.5. The minimum Gasteiger partial charge on any atom is -0.493 e. The first-order valence-corrected chi connectivity index (χ1v) is 7.02. The number of carbonyl (C=O) groups is 1. The Hall–Kier alpha value is -2.05. The molecule has 22 heavy (non-hydrogen) atoms. The van der Waals surface area contributed by atoms with Crippen LogP contribution < -0.4 is 9.47 Å². The Morgan fingerprint density at radius 1 is 1.14 bits per heavy atom. The van der Waals surface area contributed by atoms with Crippen molar-refractivity contribution in [3.05, 3.63) is 29.8 Å². The molecule has 2 unspecified atom stereocenters. The van der Waals surface area contributed by atoms with Crippen LogP contribution in [0.5, 0.6) is 11.5 Å². The molecule has 1 aliphatic carbocycles. The Balaban J connectivity index is 2.00. The third-order valence-corrected chi connectivity index (χ3v) is 3.59. The second-order valence-corrected chi connectivity index (χ2v) is 5.06. The zero-order chi connectivity index (χ0) is 16.1. The summed E-state index contributed by atoms with van der Waals surface area (Å²) in [5.41, 5.74) is 0.738. The number of aliphatic hydroxyl groups excluding tert-OH is 2. The Labute approximate surface area is 128 Å². The minimum absolute atomic E-state index is 0.429. The minimum atomic E-state index is -0.859. The van der Waals surface area contributed by atoms with E-state index >= 15 is 0 Å². The van der Waals surface area contributed by atoms with Crippen LogP contribution in [0.15, 0.2) is 24.3 Å². The lowest BCUT2D eigenvalue weighted by molar-refractivity contribution is -0.153. The van der Waals surface area contributed by atoms with Crippen LogP contribution in [0, 0.1) is 0 Å². The maximum absolute atomic E-state index is 11.8. The fourth-order valence-corrected chi connectivity index (χ4v) is 2.38. The Kier molecular flexibility index (Phi) is 5.41. The molecule has 0 aliphatic heterocycles. The largest absolute Gasteiger partial charge is 0.493 e. The lowest BCUT2D eigenvalue weighted by Gasteiger charge is -2.17. The summed E-state index contributed by atoms with van der Waals surface area (Å²) in [4.78, 5) is 11.8. The molecule has 6 heteroatoms. The van der Waals surface area contributed by atoms with Gasteiger partial charge in [-0.05, 0) is 36.6 Å². The van der Waals surface area contributed by atoms with Gasteiger partial charge in [-0.15, -0.1) is 0 Å². The van der Waals surface area contributed by atoms with E-state index in [0.29, 0.717) is 24.3 Å². The van der Waals surface area contributed by atoms with Crippen molar-refractivity contribution in [2.75, 3.05) is 14.2 Å². The van der Waals surface area contributed by atoms with E-state index in [1.807, 2.05) is 0 Å². The third-order valence-electron chi connectivity index (χ3n) is 3.59. The van der Waals surface area contributed by atoms with Crippen molar-refractivity contribution in [3.63, 3.8) is 0 Å². The van der Waals surface area contributed by atoms with E-state index < -0.39 is 24.3 Å². The summed E-state index contributed by atoms with van der Waals surface area (Å²) in [6.45, 7) is 0. The van der Waals surface area contributed by atoms with E-state index in [-0.39, 0.29) is 0 Å². The van der Waals surface area contributed by atoms with Crippen LogP contribution in [0.1, 0.15) is 18.4 Å². The number of benzene rings is 1. The maximum atomic E-state index is 11.8. The van der Waals surface area contributed by atoms with Gasteiger partial charge in [0.2, 0.25) is 0 Å². The molecule has 2 N–H and O–H groups in total. The Morgan fingerprint density at radius 3 is 2.36 bits per heavy atom. The van der Waals surface area contributed by atoms with Crippen LogP contribution in [0.25, 0.3) is 6.08 Å². The summed E-state index contributed by atoms with van der Waals surface area (Å²) < 4.78 is 15.4. The highest BCUT2D eigenvalue weighted by Crippen LogP contribution is 2.28. The summed E-state index contributed by atoms with van der Waals surface area (Å²) in [5.74, 6) is 0.541. The van der Waals surface area contributed by atoms with Crippen LogP contribution in [-0.4, -0.2) is 48.7 Å². The zero-order valence-electron chi connectivity index (χ0n) is 12.6. The van der Waals surface area contributed by atoms with Gasteiger partial charge in [0.15, 0.2) is 17.6 Å². The first kappa shape index (κ1) is 16.3. The number of hydrogen-bond acceptors (Lipinski definition) is 6. The quantitative estimate of drug-likeness (QED) is 0.627. The molecule has 0 saturated heterocycles. The van der Waals surface area contributed by atoms with E-state index in [4.69, 9.17) is 14.2 Å². The molecule has 120 valence electrons. The predicted octanol–water partition coefficient (Wildman–Crippen LogP) is 1.14. The Bertz CT molecular complexity index is 544. The fraction of sp³-hybridized carbons (Fsp3) is 0.438. The average molecular weight is 308 g/mol. The molecule has 1 fully saturated rings. The normalized spacial score (nSPS) is 24.5. The molecule has 0 aromatic heterocycles. The van der Waals surface area contributed by atoms with Crippen molar-refractivity contribution in [2.24, 2.45) is 0 Å². The SMILES string of the molecule is COc1ccc(/C=C\C(=O)OC2C(O)CCC2O)cc1OC. The van der Waals surface area contributed by atoms with Gasteiger partial charge in [0.25, 0.3) is 0 Å². The number of methoxy groups -OCH3 is 2. The van der Waals surface area contributed by atoms with Crippen molar-refractivity contribution in [2.45, 2.75) is 31.2 Å². The highest BCUT2D eigenvalue weighted by molar-refractivity contribution is 5.87. The van der Waals surface area contributed by atoms with Crippen molar-refractivity contribution >= 4 is 12.0 Å². The van der Waals surface area contributed by atoms with Gasteiger partial charge in [-0.3, -0.25) is 0 Å². The van der Waals surface area contributed by atoms with Gasteiger partial charge < -0.3 is 24.4 Å². The smallest absolute Gasteiger partial charge is 0.331 e. The molecule has 6 nitrogen and oxygen atoms in total. The lowest BCUT2D eigenvalue weighted by Crippen LogP contribution is -2.33. The van der Waals surface area contributed by atoms with E-state index in [1.165, 1.54) is 13.2 Å². The molecule has 1 aliphatic rings. The van der Waals surface area contributed by atoms with E-state index in [0.717, 1.165) is 5.56 Å². The molecule has 0 bridgehead atoms. The van der Waals surface area contributed by atoms with Crippen LogP contribution in [-0.2, 0) is 9.53 Å². The van der Waals surface area contributed by atoms with Gasteiger partial charge in [0.1, 0.15) is 0 Å².